The van der Waals surface area contributed by atoms with Crippen molar-refractivity contribution < 1.29 is 0 Å². The van der Waals surface area contributed by atoms with E-state index in [2.05, 4.69) is 64.3 Å². The van der Waals surface area contributed by atoms with Gasteiger partial charge in [-0.15, -0.1) is 0 Å². The second-order valence-electron chi connectivity index (χ2n) is 5.10. The summed E-state index contributed by atoms with van der Waals surface area (Å²) in [6.07, 6.45) is 2.37. The molecule has 1 aliphatic rings. The number of nitrogens with zero attached hydrogens (tertiary/aromatic N) is 1. The van der Waals surface area contributed by atoms with E-state index in [1.807, 2.05) is 0 Å². The summed E-state index contributed by atoms with van der Waals surface area (Å²) in [6, 6.07) is 8.60. The molecule has 1 saturated heterocycles. The van der Waals surface area contributed by atoms with Gasteiger partial charge in [-0.25, -0.2) is 0 Å². The van der Waals surface area contributed by atoms with Crippen LogP contribution in [0.4, 0.5) is 5.69 Å². The molecule has 0 saturated carbocycles. The third-order valence-corrected chi connectivity index (χ3v) is 4.14. The molecule has 0 radical (unpaired) electrons. The fourth-order valence-corrected chi connectivity index (χ4v) is 2.73. The Morgan fingerprint density at radius 3 is 3.00 bits per heavy atom. The highest BCUT2D eigenvalue weighted by molar-refractivity contribution is 9.10. The van der Waals surface area contributed by atoms with Gasteiger partial charge in [0.2, 0.25) is 0 Å². The number of benzene rings is 1. The zero-order valence-corrected chi connectivity index (χ0v) is 12.3. The standard InChI is InChI=1S/C14H21BrN2/c1-3-14(2)11-17(9-5-8-16-14)13-7-4-6-12(15)10-13/h4,6-7,10,16H,3,5,8-9,11H2,1-2H3. The topological polar surface area (TPSA) is 15.3 Å². The Morgan fingerprint density at radius 1 is 1.47 bits per heavy atom. The van der Waals surface area contributed by atoms with Gasteiger partial charge in [0.1, 0.15) is 0 Å². The minimum atomic E-state index is 0.235. The third kappa shape index (κ3) is 3.23. The normalized spacial score (nSPS) is 25.7. The van der Waals surface area contributed by atoms with Crippen LogP contribution in [0.2, 0.25) is 0 Å². The molecule has 94 valence electrons. The van der Waals surface area contributed by atoms with Gasteiger partial charge in [-0.2, -0.15) is 0 Å². The lowest BCUT2D eigenvalue weighted by Crippen LogP contribution is -2.48. The second kappa shape index (κ2) is 5.40. The smallest absolute Gasteiger partial charge is 0.0378 e. The largest absolute Gasteiger partial charge is 0.370 e. The van der Waals surface area contributed by atoms with Crippen molar-refractivity contribution in [2.45, 2.75) is 32.2 Å². The highest BCUT2D eigenvalue weighted by Crippen LogP contribution is 2.24. The summed E-state index contributed by atoms with van der Waals surface area (Å²) in [7, 11) is 0. The first-order valence-electron chi connectivity index (χ1n) is 6.38. The lowest BCUT2D eigenvalue weighted by Gasteiger charge is -2.34. The summed E-state index contributed by atoms with van der Waals surface area (Å²) in [5, 5.41) is 3.67. The van der Waals surface area contributed by atoms with Crippen LogP contribution in [-0.2, 0) is 0 Å². The quantitative estimate of drug-likeness (QED) is 0.900. The number of hydrogen-bond donors (Lipinski definition) is 1. The molecule has 1 fully saturated rings. The zero-order chi connectivity index (χ0) is 12.3. The predicted molar refractivity (Wildman–Crippen MR) is 77.7 cm³/mol. The molecule has 1 heterocycles. The van der Waals surface area contributed by atoms with Crippen molar-refractivity contribution in [3.05, 3.63) is 28.7 Å². The van der Waals surface area contributed by atoms with E-state index in [4.69, 9.17) is 0 Å². The maximum absolute atomic E-state index is 3.67. The molecule has 0 bridgehead atoms. The summed E-state index contributed by atoms with van der Waals surface area (Å²) >= 11 is 3.55. The first-order valence-corrected chi connectivity index (χ1v) is 7.18. The van der Waals surface area contributed by atoms with E-state index in [-0.39, 0.29) is 5.54 Å². The van der Waals surface area contributed by atoms with Gasteiger partial charge in [0.25, 0.3) is 0 Å². The minimum absolute atomic E-state index is 0.235. The highest BCUT2D eigenvalue weighted by Gasteiger charge is 2.27. The molecule has 1 atom stereocenters. The van der Waals surface area contributed by atoms with Crippen LogP contribution in [0.1, 0.15) is 26.7 Å². The van der Waals surface area contributed by atoms with Crippen molar-refractivity contribution in [2.75, 3.05) is 24.5 Å². The molecule has 0 amide bonds. The number of hydrogen-bond acceptors (Lipinski definition) is 2. The van der Waals surface area contributed by atoms with Gasteiger partial charge in [-0.05, 0) is 44.5 Å². The molecular weight excluding hydrogens is 276 g/mol. The molecule has 3 heteroatoms. The lowest BCUT2D eigenvalue weighted by atomic mass is 9.98. The summed E-state index contributed by atoms with van der Waals surface area (Å²) in [5.41, 5.74) is 1.56. The molecule has 1 N–H and O–H groups in total. The number of halogens is 1. The van der Waals surface area contributed by atoms with Gasteiger partial charge in [-0.3, -0.25) is 0 Å². The Hall–Kier alpha value is -0.540. The van der Waals surface area contributed by atoms with Gasteiger partial charge in [0.05, 0.1) is 0 Å². The van der Waals surface area contributed by atoms with E-state index in [9.17, 15) is 0 Å². The predicted octanol–water partition coefficient (Wildman–Crippen LogP) is 3.42. The molecule has 2 nitrogen and oxygen atoms in total. The molecule has 2 rings (SSSR count). The van der Waals surface area contributed by atoms with Crippen molar-refractivity contribution in [1.82, 2.24) is 5.32 Å². The molecule has 0 aliphatic carbocycles. The first-order chi connectivity index (χ1) is 8.13. The van der Waals surface area contributed by atoms with Crippen LogP contribution >= 0.6 is 15.9 Å². The molecule has 0 aromatic heterocycles. The second-order valence-corrected chi connectivity index (χ2v) is 6.01. The van der Waals surface area contributed by atoms with Crippen LogP contribution in [-0.4, -0.2) is 25.2 Å². The van der Waals surface area contributed by atoms with Crippen molar-refractivity contribution in [1.29, 1.82) is 0 Å². The number of nitrogens with one attached hydrogen (secondary N) is 1. The van der Waals surface area contributed by atoms with Gasteiger partial charge in [0, 0.05) is 28.8 Å². The molecule has 1 aromatic rings. The minimum Gasteiger partial charge on any atom is -0.370 e. The van der Waals surface area contributed by atoms with E-state index in [1.54, 1.807) is 0 Å². The SMILES string of the molecule is CCC1(C)CN(c2cccc(Br)c2)CCCN1. The summed E-state index contributed by atoms with van der Waals surface area (Å²) in [5.74, 6) is 0. The molecule has 1 aliphatic heterocycles. The molecule has 0 spiro atoms. The Balaban J connectivity index is 2.19. The van der Waals surface area contributed by atoms with Crippen LogP contribution < -0.4 is 10.2 Å². The van der Waals surface area contributed by atoms with E-state index >= 15 is 0 Å². The summed E-state index contributed by atoms with van der Waals surface area (Å²) in [4.78, 5) is 2.49. The summed E-state index contributed by atoms with van der Waals surface area (Å²) in [6.45, 7) is 7.93. The van der Waals surface area contributed by atoms with Crippen LogP contribution in [0, 0.1) is 0 Å². The van der Waals surface area contributed by atoms with E-state index in [0.717, 1.165) is 30.5 Å². The van der Waals surface area contributed by atoms with Crippen LogP contribution in [0.3, 0.4) is 0 Å². The highest BCUT2D eigenvalue weighted by atomic mass is 79.9. The maximum atomic E-state index is 3.67. The fraction of sp³-hybridized carbons (Fsp3) is 0.571. The monoisotopic (exact) mass is 296 g/mol. The first kappa shape index (κ1) is 12.9. The van der Waals surface area contributed by atoms with Crippen molar-refractivity contribution in [3.8, 4) is 0 Å². The van der Waals surface area contributed by atoms with Gasteiger partial charge < -0.3 is 10.2 Å². The molecular formula is C14H21BrN2. The van der Waals surface area contributed by atoms with Crippen LogP contribution in [0.5, 0.6) is 0 Å². The van der Waals surface area contributed by atoms with E-state index < -0.39 is 0 Å². The van der Waals surface area contributed by atoms with Crippen molar-refractivity contribution in [2.24, 2.45) is 0 Å². The van der Waals surface area contributed by atoms with Crippen LogP contribution in [0.25, 0.3) is 0 Å². The molecule has 1 aromatic carbocycles. The zero-order valence-electron chi connectivity index (χ0n) is 10.7. The van der Waals surface area contributed by atoms with Crippen molar-refractivity contribution in [3.63, 3.8) is 0 Å². The van der Waals surface area contributed by atoms with Gasteiger partial charge in [-0.1, -0.05) is 28.9 Å². The summed E-state index contributed by atoms with van der Waals surface area (Å²) < 4.78 is 1.16. The number of rotatable bonds is 2. The Morgan fingerprint density at radius 2 is 2.29 bits per heavy atom. The van der Waals surface area contributed by atoms with Crippen LogP contribution in [0.15, 0.2) is 28.7 Å². The average molecular weight is 297 g/mol. The Bertz CT molecular complexity index is 380. The van der Waals surface area contributed by atoms with E-state index in [0.29, 0.717) is 0 Å². The lowest BCUT2D eigenvalue weighted by molar-refractivity contribution is 0.366. The number of anilines is 1. The van der Waals surface area contributed by atoms with E-state index in [1.165, 1.54) is 12.1 Å². The maximum Gasteiger partial charge on any atom is 0.0378 e. The Labute approximate surface area is 113 Å². The van der Waals surface area contributed by atoms with Crippen molar-refractivity contribution >= 4 is 21.6 Å². The van der Waals surface area contributed by atoms with Gasteiger partial charge >= 0.3 is 0 Å². The Kier molecular flexibility index (Phi) is 4.10. The molecule has 17 heavy (non-hydrogen) atoms. The fourth-order valence-electron chi connectivity index (χ4n) is 2.35. The molecule has 1 unspecified atom stereocenters. The average Bonchev–Trinajstić information content (AvgIpc) is 2.52. The van der Waals surface area contributed by atoms with Gasteiger partial charge in [0.15, 0.2) is 0 Å². The third-order valence-electron chi connectivity index (χ3n) is 3.65.